The monoisotopic (exact) mass is 776 g/mol. The van der Waals surface area contributed by atoms with Crippen LogP contribution in [0.4, 0.5) is 11.4 Å². The third kappa shape index (κ3) is 8.96. The molecule has 54 heavy (non-hydrogen) atoms. The van der Waals surface area contributed by atoms with Crippen LogP contribution in [-0.2, 0) is 29.0 Å². The Balaban J connectivity index is 1.53. The zero-order valence-corrected chi connectivity index (χ0v) is 35.3. The summed E-state index contributed by atoms with van der Waals surface area (Å²) in [4.78, 5) is 29.1. The van der Waals surface area contributed by atoms with E-state index >= 15 is 4.79 Å². The Labute approximate surface area is 326 Å². The average Bonchev–Trinajstić information content (AvgIpc) is 3.63. The number of nitrogens with zero attached hydrogens (tertiary/aromatic N) is 4. The van der Waals surface area contributed by atoms with E-state index in [9.17, 15) is 9.90 Å². The van der Waals surface area contributed by atoms with Gasteiger partial charge in [0.15, 0.2) is 6.29 Å². The maximum Gasteiger partial charge on any atom is 0.336 e. The van der Waals surface area contributed by atoms with Crippen LogP contribution >= 0.6 is 11.6 Å². The van der Waals surface area contributed by atoms with Gasteiger partial charge in [0.25, 0.3) is 5.91 Å². The van der Waals surface area contributed by atoms with Crippen molar-refractivity contribution in [2.24, 2.45) is 14.1 Å². The van der Waals surface area contributed by atoms with Gasteiger partial charge in [0.1, 0.15) is 5.75 Å². The predicted molar refractivity (Wildman–Crippen MR) is 218 cm³/mol. The highest BCUT2D eigenvalue weighted by atomic mass is 35.5. The minimum absolute atomic E-state index is 0.0195. The van der Waals surface area contributed by atoms with Crippen LogP contribution < -0.4 is 9.33 Å². The fourth-order valence-corrected chi connectivity index (χ4v) is 8.11. The number of aromatic nitrogens is 3. The van der Waals surface area contributed by atoms with Crippen molar-refractivity contribution in [2.45, 2.75) is 110 Å². The zero-order valence-electron chi connectivity index (χ0n) is 33.6. The fraction of sp³-hybridized carbons (Fsp3) is 0.500. The molecule has 0 radical (unpaired) electrons. The Morgan fingerprint density at radius 1 is 1.02 bits per heavy atom. The molecule has 5 rings (SSSR count). The van der Waals surface area contributed by atoms with E-state index in [1.54, 1.807) is 29.3 Å². The molecule has 1 N–H and O–H groups in total. The molecule has 0 spiro atoms. The molecule has 0 bridgehead atoms. The van der Waals surface area contributed by atoms with Crippen molar-refractivity contribution in [3.05, 3.63) is 82.3 Å². The molecular formula is C42H57ClN4O6Si. The van der Waals surface area contributed by atoms with Crippen molar-refractivity contribution >= 4 is 43.2 Å². The van der Waals surface area contributed by atoms with Gasteiger partial charge >= 0.3 is 5.97 Å². The number of aryl methyl sites for hydroxylation is 1. The molecule has 292 valence electrons. The van der Waals surface area contributed by atoms with Crippen LogP contribution in [0, 0.1) is 6.92 Å². The van der Waals surface area contributed by atoms with Gasteiger partial charge in [0.2, 0.25) is 8.32 Å². The minimum atomic E-state index is -2.11. The molecule has 1 atom stereocenters. The number of unbranched alkanes of at least 4 members (excludes halogenated alkanes) is 1. The Morgan fingerprint density at radius 2 is 1.72 bits per heavy atom. The number of amides is 1. The number of hydrogen-bond donors (Lipinski definition) is 1. The molecule has 1 amide bonds. The van der Waals surface area contributed by atoms with Crippen LogP contribution in [0.2, 0.25) is 23.2 Å². The highest BCUT2D eigenvalue weighted by molar-refractivity contribution is 6.74. The number of benzene rings is 2. The molecule has 1 fully saturated rings. The summed E-state index contributed by atoms with van der Waals surface area (Å²) in [5.41, 5.74) is 4.11. The Bertz CT molecular complexity index is 1950. The Morgan fingerprint density at radius 3 is 2.35 bits per heavy atom. The Kier molecular flexibility index (Phi) is 12.6. The number of carboxylic acid groups (broad SMARTS) is 1. The summed E-state index contributed by atoms with van der Waals surface area (Å²) in [6.07, 6.45) is 7.48. The number of carbonyl (C=O) groups excluding carboxylic acids is 1. The van der Waals surface area contributed by atoms with E-state index in [4.69, 9.17) is 30.6 Å². The number of ether oxygens (including phenoxy) is 2. The highest BCUT2D eigenvalue weighted by Gasteiger charge is 2.39. The number of halogens is 1. The maximum absolute atomic E-state index is 15.1. The third-order valence-corrected chi connectivity index (χ3v) is 15.8. The van der Waals surface area contributed by atoms with Crippen LogP contribution in [0.3, 0.4) is 0 Å². The summed E-state index contributed by atoms with van der Waals surface area (Å²) < 4.78 is 22.1. The predicted octanol–water partition coefficient (Wildman–Crippen LogP) is 10.4. The largest absolute Gasteiger partial charge is 0.544 e. The lowest BCUT2D eigenvalue weighted by molar-refractivity contribution is -0.162. The van der Waals surface area contributed by atoms with E-state index in [1.807, 2.05) is 54.5 Å². The van der Waals surface area contributed by atoms with Crippen LogP contribution in [0.25, 0.3) is 11.3 Å². The first-order valence-electron chi connectivity index (χ1n) is 18.9. The van der Waals surface area contributed by atoms with Crippen LogP contribution in [0.5, 0.6) is 5.75 Å². The SMILES string of the molecule is Cc1c(C(=O)N(c2ccc(O[Si](C)(C)C(C)(C)C)cc2)c2cnn(C)c2C(C)(C)CCCCOC2CCCCO2)cc(-c2cc(Cl)ccc2C(=O)O)n1C. The minimum Gasteiger partial charge on any atom is -0.544 e. The number of aromatic carboxylic acids is 1. The lowest BCUT2D eigenvalue weighted by Crippen LogP contribution is -2.43. The second kappa shape index (κ2) is 16.4. The highest BCUT2D eigenvalue weighted by Crippen LogP contribution is 2.42. The third-order valence-electron chi connectivity index (χ3n) is 11.2. The second-order valence-corrected chi connectivity index (χ2v) is 21.8. The molecule has 0 saturated carbocycles. The number of anilines is 2. The van der Waals surface area contributed by atoms with E-state index in [0.29, 0.717) is 45.5 Å². The molecule has 2 aromatic carbocycles. The van der Waals surface area contributed by atoms with Gasteiger partial charge < -0.3 is 23.6 Å². The lowest BCUT2D eigenvalue weighted by Gasteiger charge is -2.36. The van der Waals surface area contributed by atoms with Crippen molar-refractivity contribution in [3.63, 3.8) is 0 Å². The van der Waals surface area contributed by atoms with Crippen LogP contribution in [-0.4, -0.2) is 59.2 Å². The lowest BCUT2D eigenvalue weighted by atomic mass is 9.82. The van der Waals surface area contributed by atoms with Crippen molar-refractivity contribution < 1.29 is 28.6 Å². The molecule has 1 aliphatic heterocycles. The van der Waals surface area contributed by atoms with Gasteiger partial charge in [0, 0.05) is 60.4 Å². The summed E-state index contributed by atoms with van der Waals surface area (Å²) in [6.45, 7) is 18.7. The van der Waals surface area contributed by atoms with Crippen molar-refractivity contribution in [1.82, 2.24) is 14.3 Å². The summed E-state index contributed by atoms with van der Waals surface area (Å²) in [5, 5.41) is 15.2. The molecule has 1 aliphatic rings. The number of hydrogen-bond acceptors (Lipinski definition) is 6. The van der Waals surface area contributed by atoms with Gasteiger partial charge in [-0.1, -0.05) is 52.6 Å². The second-order valence-electron chi connectivity index (χ2n) is 16.6. The zero-order chi connectivity index (χ0) is 39.6. The topological polar surface area (TPSA) is 108 Å². The quantitative estimate of drug-likeness (QED) is 0.100. The molecular weight excluding hydrogens is 720 g/mol. The van der Waals surface area contributed by atoms with Gasteiger partial charge in [-0.05, 0) is 106 Å². The van der Waals surface area contributed by atoms with Crippen molar-refractivity contribution in [1.29, 1.82) is 0 Å². The first kappa shape index (κ1) is 41.3. The van der Waals surface area contributed by atoms with E-state index in [1.165, 1.54) is 6.07 Å². The van der Waals surface area contributed by atoms with Crippen LogP contribution in [0.15, 0.2) is 54.7 Å². The van der Waals surface area contributed by atoms with Gasteiger partial charge in [-0.15, -0.1) is 0 Å². The first-order chi connectivity index (χ1) is 25.3. The molecule has 4 aromatic rings. The number of carboxylic acids is 1. The summed E-state index contributed by atoms with van der Waals surface area (Å²) >= 11 is 6.37. The standard InChI is InChI=1S/C42H57ClN4O6Si/c1-28-33(26-35(45(28)7)34-25-29(43)16-21-32(34)40(49)50)39(48)47(30-17-19-31(20-18-30)53-54(9,10)41(2,3)4)36-27-44-46(8)38(36)42(5,6)22-12-14-24-52-37-15-11-13-23-51-37/h16-21,25-27,37H,11-15,22-24H2,1-10H3,(H,49,50). The molecule has 10 nitrogen and oxygen atoms in total. The summed E-state index contributed by atoms with van der Waals surface area (Å²) in [6, 6.07) is 14.1. The fourth-order valence-electron chi connectivity index (χ4n) is 6.91. The van der Waals surface area contributed by atoms with E-state index < -0.39 is 14.3 Å². The maximum atomic E-state index is 15.1. The molecule has 1 unspecified atom stereocenters. The van der Waals surface area contributed by atoms with Crippen molar-refractivity contribution in [2.75, 3.05) is 18.1 Å². The summed E-state index contributed by atoms with van der Waals surface area (Å²) in [5.74, 6) is -0.589. The van der Waals surface area contributed by atoms with Gasteiger partial charge in [0.05, 0.1) is 28.7 Å². The molecule has 0 aliphatic carbocycles. The normalized spacial score (nSPS) is 15.4. The first-order valence-corrected chi connectivity index (χ1v) is 22.2. The average molecular weight is 777 g/mol. The van der Waals surface area contributed by atoms with Crippen LogP contribution in [0.1, 0.15) is 105 Å². The Hall–Kier alpha value is -3.90. The van der Waals surface area contributed by atoms with Gasteiger partial charge in [-0.25, -0.2) is 4.79 Å². The van der Waals surface area contributed by atoms with E-state index in [-0.39, 0.29) is 28.2 Å². The van der Waals surface area contributed by atoms with E-state index in [2.05, 4.69) is 47.7 Å². The van der Waals surface area contributed by atoms with E-state index in [0.717, 1.165) is 56.6 Å². The van der Waals surface area contributed by atoms with Crippen molar-refractivity contribution in [3.8, 4) is 17.0 Å². The number of carbonyl (C=O) groups is 2. The smallest absolute Gasteiger partial charge is 0.336 e. The van der Waals surface area contributed by atoms with Gasteiger partial charge in [-0.3, -0.25) is 14.4 Å². The molecule has 2 aromatic heterocycles. The number of rotatable bonds is 14. The molecule has 3 heterocycles. The van der Waals surface area contributed by atoms with Gasteiger partial charge in [-0.2, -0.15) is 5.10 Å². The summed E-state index contributed by atoms with van der Waals surface area (Å²) in [7, 11) is 1.63. The molecule has 1 saturated heterocycles. The molecule has 12 heteroatoms.